The SMILES string of the molecule is CNC(CN(C)C1CCCCC1C)c1ccccc1OC. The Hall–Kier alpha value is -1.06. The van der Waals surface area contributed by atoms with Crippen molar-refractivity contribution in [1.82, 2.24) is 10.2 Å². The molecule has 21 heavy (non-hydrogen) atoms. The molecule has 3 heteroatoms. The molecule has 0 saturated heterocycles. The molecule has 0 radical (unpaired) electrons. The van der Waals surface area contributed by atoms with Gasteiger partial charge in [-0.1, -0.05) is 38.0 Å². The van der Waals surface area contributed by atoms with Gasteiger partial charge in [0.2, 0.25) is 0 Å². The quantitative estimate of drug-likeness (QED) is 0.868. The van der Waals surface area contributed by atoms with Gasteiger partial charge in [0.1, 0.15) is 5.75 Å². The topological polar surface area (TPSA) is 24.5 Å². The highest BCUT2D eigenvalue weighted by molar-refractivity contribution is 5.36. The fourth-order valence-electron chi connectivity index (χ4n) is 3.67. The lowest BCUT2D eigenvalue weighted by atomic mass is 9.85. The van der Waals surface area contributed by atoms with Crippen molar-refractivity contribution in [3.63, 3.8) is 0 Å². The summed E-state index contributed by atoms with van der Waals surface area (Å²) in [5.41, 5.74) is 1.25. The van der Waals surface area contributed by atoms with Crippen LogP contribution >= 0.6 is 0 Å². The molecule has 2 rings (SSSR count). The average molecular weight is 290 g/mol. The van der Waals surface area contributed by atoms with Crippen LogP contribution < -0.4 is 10.1 Å². The average Bonchev–Trinajstić information content (AvgIpc) is 2.52. The van der Waals surface area contributed by atoms with E-state index in [1.165, 1.54) is 31.2 Å². The van der Waals surface area contributed by atoms with Gasteiger partial charge >= 0.3 is 0 Å². The van der Waals surface area contributed by atoms with Gasteiger partial charge in [-0.2, -0.15) is 0 Å². The Bertz CT molecular complexity index is 435. The number of benzene rings is 1. The van der Waals surface area contributed by atoms with Crippen molar-refractivity contribution in [2.75, 3.05) is 27.7 Å². The summed E-state index contributed by atoms with van der Waals surface area (Å²) < 4.78 is 5.52. The molecule has 1 aromatic rings. The molecule has 0 spiro atoms. The molecule has 1 N–H and O–H groups in total. The fraction of sp³-hybridized carbons (Fsp3) is 0.667. The largest absolute Gasteiger partial charge is 0.496 e. The van der Waals surface area contributed by atoms with E-state index in [0.717, 1.165) is 18.2 Å². The highest BCUT2D eigenvalue weighted by Crippen LogP contribution is 2.30. The first-order chi connectivity index (χ1) is 10.2. The van der Waals surface area contributed by atoms with E-state index in [4.69, 9.17) is 4.74 Å². The van der Waals surface area contributed by atoms with Crippen LogP contribution in [0.3, 0.4) is 0 Å². The first-order valence-electron chi connectivity index (χ1n) is 8.17. The molecule has 0 bridgehead atoms. The second kappa shape index (κ2) is 7.81. The summed E-state index contributed by atoms with van der Waals surface area (Å²) in [6, 6.07) is 9.35. The van der Waals surface area contributed by atoms with E-state index < -0.39 is 0 Å². The summed E-state index contributed by atoms with van der Waals surface area (Å²) >= 11 is 0. The number of nitrogens with one attached hydrogen (secondary N) is 1. The maximum absolute atomic E-state index is 5.52. The Morgan fingerprint density at radius 1 is 1.29 bits per heavy atom. The van der Waals surface area contributed by atoms with Gasteiger partial charge in [-0.25, -0.2) is 0 Å². The molecule has 3 nitrogen and oxygen atoms in total. The third kappa shape index (κ3) is 3.98. The van der Waals surface area contributed by atoms with E-state index in [1.54, 1.807) is 7.11 Å². The lowest BCUT2D eigenvalue weighted by Gasteiger charge is -2.38. The van der Waals surface area contributed by atoms with E-state index in [9.17, 15) is 0 Å². The Balaban J connectivity index is 2.07. The molecule has 0 aromatic heterocycles. The van der Waals surface area contributed by atoms with Gasteiger partial charge in [0.15, 0.2) is 0 Å². The van der Waals surface area contributed by atoms with E-state index in [2.05, 4.69) is 36.3 Å². The van der Waals surface area contributed by atoms with Gasteiger partial charge in [0.05, 0.1) is 7.11 Å². The van der Waals surface area contributed by atoms with Gasteiger partial charge in [0, 0.05) is 24.2 Å². The molecular weight excluding hydrogens is 260 g/mol. The number of rotatable bonds is 6. The van der Waals surface area contributed by atoms with Gasteiger partial charge < -0.3 is 15.0 Å². The number of hydrogen-bond acceptors (Lipinski definition) is 3. The highest BCUT2D eigenvalue weighted by Gasteiger charge is 2.27. The molecule has 1 fully saturated rings. The Morgan fingerprint density at radius 3 is 2.67 bits per heavy atom. The van der Waals surface area contributed by atoms with Crippen LogP contribution in [-0.4, -0.2) is 38.7 Å². The van der Waals surface area contributed by atoms with Crippen molar-refractivity contribution in [3.05, 3.63) is 29.8 Å². The van der Waals surface area contributed by atoms with Crippen LogP contribution in [0, 0.1) is 5.92 Å². The highest BCUT2D eigenvalue weighted by atomic mass is 16.5. The summed E-state index contributed by atoms with van der Waals surface area (Å²) in [4.78, 5) is 2.54. The molecule has 118 valence electrons. The summed E-state index contributed by atoms with van der Waals surface area (Å²) in [6.07, 6.45) is 5.47. The number of likely N-dealkylation sites (N-methyl/N-ethyl adjacent to an activating group) is 2. The van der Waals surface area contributed by atoms with Crippen LogP contribution in [0.1, 0.15) is 44.2 Å². The maximum atomic E-state index is 5.52. The van der Waals surface area contributed by atoms with Crippen molar-refractivity contribution >= 4 is 0 Å². The molecule has 1 aliphatic carbocycles. The molecular formula is C18H30N2O. The van der Waals surface area contributed by atoms with Crippen molar-refractivity contribution in [1.29, 1.82) is 0 Å². The molecule has 1 aromatic carbocycles. The zero-order valence-electron chi connectivity index (χ0n) is 13.9. The molecule has 1 saturated carbocycles. The number of nitrogens with zero attached hydrogens (tertiary/aromatic N) is 1. The summed E-state index contributed by atoms with van der Waals surface area (Å²) in [7, 11) is 6.06. The van der Waals surface area contributed by atoms with E-state index in [1.807, 2.05) is 19.2 Å². The minimum Gasteiger partial charge on any atom is -0.496 e. The Labute approximate surface area is 129 Å². The molecule has 3 atom stereocenters. The van der Waals surface area contributed by atoms with Gasteiger partial charge in [-0.05, 0) is 38.9 Å². The molecule has 0 heterocycles. The number of ether oxygens (including phenoxy) is 1. The second-order valence-corrected chi connectivity index (χ2v) is 6.35. The standard InChI is InChI=1S/C18H30N2O/c1-14-9-5-7-11-17(14)20(3)13-16(19-2)15-10-6-8-12-18(15)21-4/h6,8,10,12,14,16-17,19H,5,7,9,11,13H2,1-4H3. The van der Waals surface area contributed by atoms with Gasteiger partial charge in [-0.15, -0.1) is 0 Å². The molecule has 3 unspecified atom stereocenters. The van der Waals surface area contributed by atoms with Crippen LogP contribution in [0.15, 0.2) is 24.3 Å². The maximum Gasteiger partial charge on any atom is 0.123 e. The zero-order valence-corrected chi connectivity index (χ0v) is 13.9. The van der Waals surface area contributed by atoms with Crippen LogP contribution in [0.2, 0.25) is 0 Å². The van der Waals surface area contributed by atoms with E-state index >= 15 is 0 Å². The minimum absolute atomic E-state index is 0.306. The first-order valence-corrected chi connectivity index (χ1v) is 8.17. The lowest BCUT2D eigenvalue weighted by Crippen LogP contribution is -2.43. The minimum atomic E-state index is 0.306. The van der Waals surface area contributed by atoms with Crippen molar-refractivity contribution in [3.8, 4) is 5.75 Å². The third-order valence-electron chi connectivity index (χ3n) is 4.97. The number of methoxy groups -OCH3 is 1. The first kappa shape index (κ1) is 16.3. The fourth-order valence-corrected chi connectivity index (χ4v) is 3.67. The predicted octanol–water partition coefficient (Wildman–Crippen LogP) is 3.47. The Morgan fingerprint density at radius 2 is 2.00 bits per heavy atom. The van der Waals surface area contributed by atoms with E-state index in [-0.39, 0.29) is 0 Å². The van der Waals surface area contributed by atoms with Crippen LogP contribution in [0.4, 0.5) is 0 Å². The lowest BCUT2D eigenvalue weighted by molar-refractivity contribution is 0.128. The summed E-state index contributed by atoms with van der Waals surface area (Å²) in [5.74, 6) is 1.78. The van der Waals surface area contributed by atoms with Crippen LogP contribution in [-0.2, 0) is 0 Å². The van der Waals surface area contributed by atoms with Crippen molar-refractivity contribution in [2.24, 2.45) is 5.92 Å². The summed E-state index contributed by atoms with van der Waals surface area (Å²) in [5, 5.41) is 3.46. The number of hydrogen-bond donors (Lipinski definition) is 1. The van der Waals surface area contributed by atoms with Crippen LogP contribution in [0.5, 0.6) is 5.75 Å². The van der Waals surface area contributed by atoms with Crippen molar-refractivity contribution < 1.29 is 4.74 Å². The second-order valence-electron chi connectivity index (χ2n) is 6.35. The molecule has 1 aliphatic rings. The van der Waals surface area contributed by atoms with E-state index in [0.29, 0.717) is 12.1 Å². The van der Waals surface area contributed by atoms with Gasteiger partial charge in [0.25, 0.3) is 0 Å². The third-order valence-corrected chi connectivity index (χ3v) is 4.97. The smallest absolute Gasteiger partial charge is 0.123 e. The zero-order chi connectivity index (χ0) is 15.2. The predicted molar refractivity (Wildman–Crippen MR) is 88.8 cm³/mol. The monoisotopic (exact) mass is 290 g/mol. The van der Waals surface area contributed by atoms with Gasteiger partial charge in [-0.3, -0.25) is 0 Å². The van der Waals surface area contributed by atoms with Crippen molar-refractivity contribution in [2.45, 2.75) is 44.7 Å². The van der Waals surface area contributed by atoms with Crippen LogP contribution in [0.25, 0.3) is 0 Å². The summed E-state index contributed by atoms with van der Waals surface area (Å²) in [6.45, 7) is 3.42. The number of para-hydroxylation sites is 1. The Kier molecular flexibility index (Phi) is 6.07. The molecule has 0 aliphatic heterocycles. The molecule has 0 amide bonds. The normalized spacial score (nSPS) is 24.0.